The molecule has 8 heteroatoms. The van der Waals surface area contributed by atoms with Crippen molar-refractivity contribution in [3.8, 4) is 0 Å². The van der Waals surface area contributed by atoms with Gasteiger partial charge in [-0.15, -0.1) is 0 Å². The average molecular weight is 362 g/mol. The lowest BCUT2D eigenvalue weighted by Crippen LogP contribution is -2.32. The molecule has 134 valence electrons. The lowest BCUT2D eigenvalue weighted by Gasteiger charge is -2.18. The third-order valence-corrected chi connectivity index (χ3v) is 3.80. The van der Waals surface area contributed by atoms with Gasteiger partial charge in [-0.3, -0.25) is 9.78 Å². The number of halogens is 3. The van der Waals surface area contributed by atoms with E-state index in [1.165, 1.54) is 12.3 Å². The highest BCUT2D eigenvalue weighted by Crippen LogP contribution is 2.30. The SMILES string of the molecule is O=C(/C=C/c1cncc(C(F)(F)F)c1)N1C(=O)OCC1c1ccccc1. The molecule has 1 saturated heterocycles. The van der Waals surface area contributed by atoms with E-state index in [2.05, 4.69) is 4.98 Å². The number of ether oxygens (including phenoxy) is 1. The molecule has 2 aromatic rings. The number of pyridine rings is 1. The Morgan fingerprint density at radius 2 is 1.96 bits per heavy atom. The highest BCUT2D eigenvalue weighted by atomic mass is 19.4. The molecule has 1 aliphatic rings. The van der Waals surface area contributed by atoms with Gasteiger partial charge in [-0.05, 0) is 23.3 Å². The topological polar surface area (TPSA) is 59.5 Å². The van der Waals surface area contributed by atoms with Crippen molar-refractivity contribution in [3.05, 3.63) is 71.6 Å². The zero-order valence-electron chi connectivity index (χ0n) is 13.3. The molecule has 0 bridgehead atoms. The van der Waals surface area contributed by atoms with E-state index >= 15 is 0 Å². The van der Waals surface area contributed by atoms with E-state index in [0.717, 1.165) is 22.6 Å². The Morgan fingerprint density at radius 3 is 2.65 bits per heavy atom. The Kier molecular flexibility index (Phi) is 4.75. The highest BCUT2D eigenvalue weighted by molar-refractivity contribution is 6.02. The average Bonchev–Trinajstić information content (AvgIpc) is 3.01. The van der Waals surface area contributed by atoms with Crippen molar-refractivity contribution in [1.82, 2.24) is 9.88 Å². The molecule has 0 saturated carbocycles. The van der Waals surface area contributed by atoms with E-state index in [0.29, 0.717) is 6.20 Å². The van der Waals surface area contributed by atoms with Gasteiger partial charge in [0.1, 0.15) is 12.6 Å². The quantitative estimate of drug-likeness (QED) is 0.779. The largest absolute Gasteiger partial charge is 0.446 e. The van der Waals surface area contributed by atoms with Crippen LogP contribution < -0.4 is 0 Å². The van der Waals surface area contributed by atoms with Crippen LogP contribution in [0, 0.1) is 0 Å². The second kappa shape index (κ2) is 6.99. The lowest BCUT2D eigenvalue weighted by molar-refractivity contribution is -0.137. The monoisotopic (exact) mass is 362 g/mol. The zero-order chi connectivity index (χ0) is 18.7. The molecular formula is C18H13F3N2O3. The third kappa shape index (κ3) is 3.74. The maximum Gasteiger partial charge on any atom is 0.417 e. The molecule has 0 aliphatic carbocycles. The fourth-order valence-corrected chi connectivity index (χ4v) is 2.54. The molecule has 5 nitrogen and oxygen atoms in total. The van der Waals surface area contributed by atoms with Crippen LogP contribution in [0.1, 0.15) is 22.7 Å². The Morgan fingerprint density at radius 1 is 1.23 bits per heavy atom. The summed E-state index contributed by atoms with van der Waals surface area (Å²) in [6.45, 7) is 0.0214. The molecule has 0 N–H and O–H groups in total. The smallest absolute Gasteiger partial charge is 0.417 e. The van der Waals surface area contributed by atoms with Crippen LogP contribution in [0.25, 0.3) is 6.08 Å². The van der Waals surface area contributed by atoms with Crippen molar-refractivity contribution in [2.45, 2.75) is 12.2 Å². The van der Waals surface area contributed by atoms with Crippen LogP contribution in [-0.4, -0.2) is 28.5 Å². The Bertz CT molecular complexity index is 850. The molecule has 0 spiro atoms. The van der Waals surface area contributed by atoms with Gasteiger partial charge in [-0.25, -0.2) is 9.69 Å². The van der Waals surface area contributed by atoms with Gasteiger partial charge in [0.15, 0.2) is 0 Å². The van der Waals surface area contributed by atoms with Gasteiger partial charge in [-0.2, -0.15) is 13.2 Å². The van der Waals surface area contributed by atoms with E-state index in [1.807, 2.05) is 0 Å². The number of rotatable bonds is 3. The number of hydrogen-bond acceptors (Lipinski definition) is 4. The van der Waals surface area contributed by atoms with Gasteiger partial charge in [0, 0.05) is 18.5 Å². The maximum atomic E-state index is 12.7. The van der Waals surface area contributed by atoms with Crippen LogP contribution in [0.4, 0.5) is 18.0 Å². The number of benzene rings is 1. The minimum Gasteiger partial charge on any atom is -0.446 e. The van der Waals surface area contributed by atoms with Crippen LogP contribution >= 0.6 is 0 Å². The van der Waals surface area contributed by atoms with Crippen molar-refractivity contribution in [1.29, 1.82) is 0 Å². The molecule has 1 aliphatic heterocycles. The summed E-state index contributed by atoms with van der Waals surface area (Å²) >= 11 is 0. The zero-order valence-corrected chi connectivity index (χ0v) is 13.3. The van der Waals surface area contributed by atoms with Gasteiger partial charge < -0.3 is 4.74 Å². The number of amides is 2. The first-order valence-corrected chi connectivity index (χ1v) is 7.61. The van der Waals surface area contributed by atoms with Crippen LogP contribution in [0.15, 0.2) is 54.9 Å². The second-order valence-electron chi connectivity index (χ2n) is 5.55. The van der Waals surface area contributed by atoms with Crippen molar-refractivity contribution in [2.24, 2.45) is 0 Å². The van der Waals surface area contributed by atoms with Crippen molar-refractivity contribution >= 4 is 18.1 Å². The molecule has 3 rings (SSSR count). The van der Waals surface area contributed by atoms with Gasteiger partial charge in [0.2, 0.25) is 0 Å². The Balaban J connectivity index is 1.80. The van der Waals surface area contributed by atoms with Crippen LogP contribution in [-0.2, 0) is 15.7 Å². The lowest BCUT2D eigenvalue weighted by atomic mass is 10.1. The van der Waals surface area contributed by atoms with Gasteiger partial charge in [0.05, 0.1) is 5.56 Å². The van der Waals surface area contributed by atoms with E-state index in [1.54, 1.807) is 30.3 Å². The highest BCUT2D eigenvalue weighted by Gasteiger charge is 2.37. The standard InChI is InChI=1S/C18H13F3N2O3/c19-18(20,21)14-8-12(9-22-10-14)6-7-16(24)23-15(11-26-17(23)25)13-4-2-1-3-5-13/h1-10,15H,11H2/b7-6+. The Labute approximate surface area is 146 Å². The summed E-state index contributed by atoms with van der Waals surface area (Å²) in [6, 6.07) is 9.14. The van der Waals surface area contributed by atoms with Crippen LogP contribution in [0.2, 0.25) is 0 Å². The number of nitrogens with zero attached hydrogens (tertiary/aromatic N) is 2. The predicted molar refractivity (Wildman–Crippen MR) is 85.7 cm³/mol. The number of imide groups is 1. The molecule has 26 heavy (non-hydrogen) atoms. The van der Waals surface area contributed by atoms with Gasteiger partial charge >= 0.3 is 12.3 Å². The first-order chi connectivity index (χ1) is 12.4. The van der Waals surface area contributed by atoms with Crippen molar-refractivity contribution < 1.29 is 27.5 Å². The molecule has 1 aromatic carbocycles. The number of carbonyl (C=O) groups excluding carboxylic acids is 2. The predicted octanol–water partition coefficient (Wildman–Crippen LogP) is 3.83. The molecule has 1 aromatic heterocycles. The van der Waals surface area contributed by atoms with Crippen molar-refractivity contribution in [3.63, 3.8) is 0 Å². The first-order valence-electron chi connectivity index (χ1n) is 7.61. The molecular weight excluding hydrogens is 349 g/mol. The summed E-state index contributed by atoms with van der Waals surface area (Å²) in [5.41, 5.74) is -0.104. The summed E-state index contributed by atoms with van der Waals surface area (Å²) in [7, 11) is 0. The van der Waals surface area contributed by atoms with E-state index in [-0.39, 0.29) is 12.2 Å². The first kappa shape index (κ1) is 17.7. The maximum absolute atomic E-state index is 12.7. The molecule has 2 amide bonds. The van der Waals surface area contributed by atoms with E-state index in [4.69, 9.17) is 4.74 Å². The van der Waals surface area contributed by atoms with Crippen LogP contribution in [0.3, 0.4) is 0 Å². The normalized spacial score (nSPS) is 17.6. The van der Waals surface area contributed by atoms with Gasteiger partial charge in [0.25, 0.3) is 5.91 Å². The summed E-state index contributed by atoms with van der Waals surface area (Å²) in [5.74, 6) is -0.682. The summed E-state index contributed by atoms with van der Waals surface area (Å²) < 4.78 is 43.0. The molecule has 0 radical (unpaired) electrons. The minimum atomic E-state index is -4.53. The van der Waals surface area contributed by atoms with E-state index < -0.39 is 29.8 Å². The fourth-order valence-electron chi connectivity index (χ4n) is 2.54. The second-order valence-corrected chi connectivity index (χ2v) is 5.55. The van der Waals surface area contributed by atoms with Crippen molar-refractivity contribution in [2.75, 3.05) is 6.61 Å². The number of cyclic esters (lactones) is 1. The third-order valence-electron chi connectivity index (χ3n) is 3.80. The summed E-state index contributed by atoms with van der Waals surface area (Å²) in [6.07, 6.45) is -1.23. The minimum absolute atomic E-state index is 0.0214. The Hall–Kier alpha value is -3.16. The number of aromatic nitrogens is 1. The van der Waals surface area contributed by atoms with Crippen LogP contribution in [0.5, 0.6) is 0 Å². The molecule has 1 unspecified atom stereocenters. The molecule has 1 atom stereocenters. The summed E-state index contributed by atoms with van der Waals surface area (Å²) in [4.78, 5) is 28.7. The van der Waals surface area contributed by atoms with E-state index in [9.17, 15) is 22.8 Å². The number of carbonyl (C=O) groups is 2. The summed E-state index contributed by atoms with van der Waals surface area (Å²) in [5, 5.41) is 0. The number of alkyl halides is 3. The fraction of sp³-hybridized carbons (Fsp3) is 0.167. The van der Waals surface area contributed by atoms with Gasteiger partial charge in [-0.1, -0.05) is 30.3 Å². The molecule has 1 fully saturated rings. The molecule has 2 heterocycles. The number of hydrogen-bond donors (Lipinski definition) is 0.